The highest BCUT2D eigenvalue weighted by Crippen LogP contribution is 2.26. The number of piperidine rings is 1. The summed E-state index contributed by atoms with van der Waals surface area (Å²) in [6.45, 7) is 4.06. The van der Waals surface area contributed by atoms with E-state index >= 15 is 0 Å². The second-order valence-corrected chi connectivity index (χ2v) is 7.04. The molecule has 126 valence electrons. The number of carbonyl (C=O) groups is 2. The van der Waals surface area contributed by atoms with E-state index in [4.69, 9.17) is 0 Å². The third kappa shape index (κ3) is 3.19. The lowest BCUT2D eigenvalue weighted by atomic mass is 9.92. The Kier molecular flexibility index (Phi) is 4.66. The second-order valence-electron chi connectivity index (χ2n) is 6.26. The van der Waals surface area contributed by atoms with E-state index in [-0.39, 0.29) is 18.5 Å². The van der Waals surface area contributed by atoms with E-state index in [1.54, 1.807) is 22.3 Å². The van der Waals surface area contributed by atoms with Gasteiger partial charge < -0.3 is 10.0 Å². The highest BCUT2D eigenvalue weighted by molar-refractivity contribution is 7.08. The first-order valence-corrected chi connectivity index (χ1v) is 8.95. The lowest BCUT2D eigenvalue weighted by Crippen LogP contribution is -2.47. The van der Waals surface area contributed by atoms with Crippen molar-refractivity contribution in [2.24, 2.45) is 5.92 Å². The first-order chi connectivity index (χ1) is 11.5. The summed E-state index contributed by atoms with van der Waals surface area (Å²) in [5, 5.41) is 13.3. The molecule has 1 aliphatic rings. The van der Waals surface area contributed by atoms with Crippen molar-refractivity contribution in [1.82, 2.24) is 9.88 Å². The lowest BCUT2D eigenvalue weighted by molar-refractivity contribution is -0.143. The third-order valence-electron chi connectivity index (χ3n) is 4.63. The number of carboxylic acid groups (broad SMARTS) is 1. The van der Waals surface area contributed by atoms with Crippen molar-refractivity contribution >= 4 is 23.2 Å². The zero-order chi connectivity index (χ0) is 17.3. The Bertz CT molecular complexity index is 758. The molecule has 2 unspecified atom stereocenters. The molecule has 2 atom stereocenters. The van der Waals surface area contributed by atoms with Gasteiger partial charge in [-0.3, -0.25) is 14.6 Å². The minimum absolute atomic E-state index is 0.0454. The number of thiophene rings is 1. The third-order valence-corrected chi connectivity index (χ3v) is 5.31. The van der Waals surface area contributed by atoms with Gasteiger partial charge in [-0.1, -0.05) is 0 Å². The van der Waals surface area contributed by atoms with Crippen molar-refractivity contribution in [3.63, 3.8) is 0 Å². The molecule has 2 aromatic heterocycles. The Morgan fingerprint density at radius 1 is 1.29 bits per heavy atom. The number of pyridine rings is 1. The van der Waals surface area contributed by atoms with E-state index in [1.165, 1.54) is 0 Å². The van der Waals surface area contributed by atoms with Crippen LogP contribution in [0.2, 0.25) is 0 Å². The van der Waals surface area contributed by atoms with Gasteiger partial charge in [0.05, 0.1) is 22.9 Å². The quantitative estimate of drug-likeness (QED) is 0.926. The Balaban J connectivity index is 1.85. The van der Waals surface area contributed by atoms with Gasteiger partial charge in [0, 0.05) is 23.5 Å². The number of aliphatic carboxylic acids is 1. The molecule has 0 saturated carbocycles. The monoisotopic (exact) mass is 344 g/mol. The maximum absolute atomic E-state index is 12.9. The molecular weight excluding hydrogens is 324 g/mol. The molecule has 1 N–H and O–H groups in total. The summed E-state index contributed by atoms with van der Waals surface area (Å²) in [6, 6.07) is 5.70. The molecule has 3 heterocycles. The predicted octanol–water partition coefficient (Wildman–Crippen LogP) is 3.44. The minimum Gasteiger partial charge on any atom is -0.481 e. The van der Waals surface area contributed by atoms with Crippen LogP contribution in [-0.4, -0.2) is 39.5 Å². The van der Waals surface area contributed by atoms with Gasteiger partial charge in [-0.2, -0.15) is 11.3 Å². The molecule has 0 bridgehead atoms. The Morgan fingerprint density at radius 2 is 2.08 bits per heavy atom. The van der Waals surface area contributed by atoms with Crippen molar-refractivity contribution in [3.05, 3.63) is 40.2 Å². The normalized spacial score (nSPS) is 20.8. The number of carbonyl (C=O) groups excluding carboxylic acids is 1. The van der Waals surface area contributed by atoms with Gasteiger partial charge in [0.15, 0.2) is 0 Å². The van der Waals surface area contributed by atoms with Gasteiger partial charge in [-0.25, -0.2) is 0 Å². The molecule has 0 aliphatic carbocycles. The smallest absolute Gasteiger partial charge is 0.308 e. The summed E-state index contributed by atoms with van der Waals surface area (Å²) in [7, 11) is 0. The fourth-order valence-corrected chi connectivity index (χ4v) is 3.75. The molecule has 1 aliphatic heterocycles. The molecule has 0 aromatic carbocycles. The molecule has 1 amide bonds. The maximum Gasteiger partial charge on any atom is 0.308 e. The second kappa shape index (κ2) is 6.73. The number of carboxylic acids is 1. The van der Waals surface area contributed by atoms with Crippen LogP contribution >= 0.6 is 11.3 Å². The Labute approximate surface area is 145 Å². The fourth-order valence-electron chi connectivity index (χ4n) is 3.10. The lowest BCUT2D eigenvalue weighted by Gasteiger charge is -2.36. The van der Waals surface area contributed by atoms with Crippen LogP contribution in [-0.2, 0) is 4.79 Å². The predicted molar refractivity (Wildman–Crippen MR) is 93.1 cm³/mol. The van der Waals surface area contributed by atoms with Gasteiger partial charge >= 0.3 is 5.97 Å². The van der Waals surface area contributed by atoms with E-state index < -0.39 is 11.9 Å². The van der Waals surface area contributed by atoms with Crippen LogP contribution in [0.1, 0.15) is 35.8 Å². The number of amides is 1. The van der Waals surface area contributed by atoms with Gasteiger partial charge in [0.25, 0.3) is 5.91 Å². The van der Waals surface area contributed by atoms with Crippen LogP contribution in [0, 0.1) is 12.8 Å². The van der Waals surface area contributed by atoms with Crippen molar-refractivity contribution in [2.45, 2.75) is 32.7 Å². The average Bonchev–Trinajstić information content (AvgIpc) is 3.09. The largest absolute Gasteiger partial charge is 0.481 e. The molecule has 6 heteroatoms. The highest BCUT2D eigenvalue weighted by atomic mass is 32.1. The average molecular weight is 344 g/mol. The summed E-state index contributed by atoms with van der Waals surface area (Å²) >= 11 is 1.61. The van der Waals surface area contributed by atoms with E-state index in [1.807, 2.05) is 36.7 Å². The Hall–Kier alpha value is -2.21. The van der Waals surface area contributed by atoms with Crippen molar-refractivity contribution in [1.29, 1.82) is 0 Å². The maximum atomic E-state index is 12.9. The van der Waals surface area contributed by atoms with Crippen molar-refractivity contribution < 1.29 is 14.7 Å². The van der Waals surface area contributed by atoms with E-state index in [0.717, 1.165) is 11.3 Å². The number of rotatable bonds is 3. The van der Waals surface area contributed by atoms with E-state index in [0.29, 0.717) is 24.1 Å². The van der Waals surface area contributed by atoms with Crippen LogP contribution in [0.25, 0.3) is 11.3 Å². The van der Waals surface area contributed by atoms with Crippen molar-refractivity contribution in [3.8, 4) is 11.3 Å². The molecule has 24 heavy (non-hydrogen) atoms. The van der Waals surface area contributed by atoms with Crippen LogP contribution in [0.3, 0.4) is 0 Å². The number of hydrogen-bond donors (Lipinski definition) is 1. The van der Waals surface area contributed by atoms with Gasteiger partial charge in [-0.05, 0) is 50.3 Å². The SMILES string of the molecule is Cc1nc(-c2ccsc2)ccc1C(=O)N1CC(C(=O)O)CCC1C. The first kappa shape index (κ1) is 16.6. The van der Waals surface area contributed by atoms with E-state index in [9.17, 15) is 14.7 Å². The van der Waals surface area contributed by atoms with Crippen molar-refractivity contribution in [2.75, 3.05) is 6.54 Å². The van der Waals surface area contributed by atoms with Crippen LogP contribution in [0.15, 0.2) is 29.0 Å². The van der Waals surface area contributed by atoms with Crippen LogP contribution < -0.4 is 0 Å². The molecular formula is C18H20N2O3S. The number of hydrogen-bond acceptors (Lipinski definition) is 4. The number of likely N-dealkylation sites (tertiary alicyclic amines) is 1. The number of aromatic nitrogens is 1. The molecule has 1 fully saturated rings. The topological polar surface area (TPSA) is 70.5 Å². The van der Waals surface area contributed by atoms with Gasteiger partial charge in [0.1, 0.15) is 0 Å². The molecule has 2 aromatic rings. The zero-order valence-electron chi connectivity index (χ0n) is 13.7. The summed E-state index contributed by atoms with van der Waals surface area (Å²) in [4.78, 5) is 30.4. The summed E-state index contributed by atoms with van der Waals surface area (Å²) < 4.78 is 0. The highest BCUT2D eigenvalue weighted by Gasteiger charge is 2.33. The number of aryl methyl sites for hydroxylation is 1. The number of nitrogens with zero attached hydrogens (tertiary/aromatic N) is 2. The standard InChI is InChI=1S/C18H20N2O3S/c1-11-3-4-13(18(22)23)9-20(11)17(21)15-5-6-16(19-12(15)2)14-7-8-24-10-14/h5-8,10-11,13H,3-4,9H2,1-2H3,(H,22,23). The molecule has 5 nitrogen and oxygen atoms in total. The minimum atomic E-state index is -0.831. The van der Waals surface area contributed by atoms with Gasteiger partial charge in [-0.15, -0.1) is 0 Å². The van der Waals surface area contributed by atoms with Crippen LogP contribution in [0.4, 0.5) is 0 Å². The molecule has 0 radical (unpaired) electrons. The molecule has 3 rings (SSSR count). The Morgan fingerprint density at radius 3 is 2.71 bits per heavy atom. The zero-order valence-corrected chi connectivity index (χ0v) is 14.5. The molecule has 0 spiro atoms. The van der Waals surface area contributed by atoms with E-state index in [2.05, 4.69) is 4.98 Å². The summed E-state index contributed by atoms with van der Waals surface area (Å²) in [5.41, 5.74) is 3.11. The van der Waals surface area contributed by atoms with Gasteiger partial charge in [0.2, 0.25) is 0 Å². The summed E-state index contributed by atoms with van der Waals surface area (Å²) in [6.07, 6.45) is 1.33. The fraction of sp³-hybridized carbons (Fsp3) is 0.389. The summed E-state index contributed by atoms with van der Waals surface area (Å²) in [5.74, 6) is -1.44. The van der Waals surface area contributed by atoms with Crippen LogP contribution in [0.5, 0.6) is 0 Å². The molecule has 1 saturated heterocycles. The first-order valence-electron chi connectivity index (χ1n) is 8.01.